The van der Waals surface area contributed by atoms with Gasteiger partial charge < -0.3 is 11.1 Å². The zero-order valence-corrected chi connectivity index (χ0v) is 7.64. The van der Waals surface area contributed by atoms with E-state index >= 15 is 0 Å². The number of nitrogens with two attached hydrogens (primary N) is 1. The first-order valence-electron chi connectivity index (χ1n) is 4.55. The summed E-state index contributed by atoms with van der Waals surface area (Å²) in [7, 11) is 0. The molecule has 3 N–H and O–H groups in total. The van der Waals surface area contributed by atoms with Crippen molar-refractivity contribution in [3.63, 3.8) is 0 Å². The van der Waals surface area contributed by atoms with Crippen molar-refractivity contribution in [2.45, 2.75) is 12.8 Å². The van der Waals surface area contributed by atoms with Crippen LogP contribution >= 0.6 is 0 Å². The summed E-state index contributed by atoms with van der Waals surface area (Å²) in [5.74, 6) is -0.657. The van der Waals surface area contributed by atoms with Gasteiger partial charge in [0.05, 0.1) is 5.69 Å². The SMILES string of the molecule is Nc1ccc2c(c1F)CCCNC2=O. The molecule has 0 aliphatic carbocycles. The standard InChI is InChI=1S/C10H11FN2O/c11-9-6-2-1-5-13-10(14)7(6)3-4-8(9)12/h3-4H,1-2,5,12H2,(H,13,14). The largest absolute Gasteiger partial charge is 0.396 e. The van der Waals surface area contributed by atoms with Crippen LogP contribution in [0.1, 0.15) is 22.3 Å². The fourth-order valence-corrected chi connectivity index (χ4v) is 1.66. The van der Waals surface area contributed by atoms with E-state index in [0.29, 0.717) is 24.1 Å². The van der Waals surface area contributed by atoms with Crippen LogP contribution in [0.4, 0.5) is 10.1 Å². The van der Waals surface area contributed by atoms with Crippen LogP contribution in [0.3, 0.4) is 0 Å². The molecule has 0 saturated heterocycles. The molecule has 0 unspecified atom stereocenters. The molecular formula is C10H11FN2O. The number of benzene rings is 1. The maximum atomic E-state index is 13.5. The van der Waals surface area contributed by atoms with Crippen molar-refractivity contribution in [2.75, 3.05) is 12.3 Å². The van der Waals surface area contributed by atoms with Crippen LogP contribution < -0.4 is 11.1 Å². The zero-order chi connectivity index (χ0) is 10.1. The predicted octanol–water partition coefficient (Wildman–Crippen LogP) is 1.08. The molecule has 1 aliphatic rings. The first-order chi connectivity index (χ1) is 6.70. The van der Waals surface area contributed by atoms with Gasteiger partial charge in [-0.1, -0.05) is 0 Å². The van der Waals surface area contributed by atoms with Gasteiger partial charge in [-0.2, -0.15) is 0 Å². The molecule has 0 bridgehead atoms. The Morgan fingerprint density at radius 2 is 2.21 bits per heavy atom. The number of nitrogen functional groups attached to an aromatic ring is 1. The van der Waals surface area contributed by atoms with Crippen LogP contribution in [-0.4, -0.2) is 12.5 Å². The smallest absolute Gasteiger partial charge is 0.251 e. The fourth-order valence-electron chi connectivity index (χ4n) is 1.66. The second-order valence-corrected chi connectivity index (χ2v) is 3.35. The van der Waals surface area contributed by atoms with E-state index in [0.717, 1.165) is 6.42 Å². The van der Waals surface area contributed by atoms with Crippen LogP contribution in [-0.2, 0) is 6.42 Å². The highest BCUT2D eigenvalue weighted by Crippen LogP contribution is 2.22. The summed E-state index contributed by atoms with van der Waals surface area (Å²) in [6, 6.07) is 3.01. The number of halogens is 1. The number of amides is 1. The summed E-state index contributed by atoms with van der Waals surface area (Å²) in [5.41, 5.74) is 6.40. The van der Waals surface area contributed by atoms with E-state index in [1.807, 2.05) is 0 Å². The maximum Gasteiger partial charge on any atom is 0.251 e. The lowest BCUT2D eigenvalue weighted by atomic mass is 10.0. The van der Waals surface area contributed by atoms with Crippen LogP contribution in [0.25, 0.3) is 0 Å². The molecule has 0 atom stereocenters. The Bertz CT molecular complexity index is 390. The number of carbonyl (C=O) groups is 1. The molecule has 0 spiro atoms. The molecule has 0 fully saturated rings. The minimum absolute atomic E-state index is 0.110. The average Bonchev–Trinajstić information content (AvgIpc) is 2.35. The molecule has 4 heteroatoms. The molecular weight excluding hydrogens is 183 g/mol. The van der Waals surface area contributed by atoms with E-state index in [-0.39, 0.29) is 11.6 Å². The topological polar surface area (TPSA) is 55.1 Å². The summed E-state index contributed by atoms with van der Waals surface area (Å²) >= 11 is 0. The summed E-state index contributed by atoms with van der Waals surface area (Å²) in [6.45, 7) is 0.590. The first-order valence-corrected chi connectivity index (χ1v) is 4.55. The van der Waals surface area contributed by atoms with E-state index in [1.54, 1.807) is 6.07 Å². The van der Waals surface area contributed by atoms with E-state index in [9.17, 15) is 9.18 Å². The van der Waals surface area contributed by atoms with Gasteiger partial charge in [0, 0.05) is 17.7 Å². The van der Waals surface area contributed by atoms with Crippen molar-refractivity contribution in [1.82, 2.24) is 5.32 Å². The van der Waals surface area contributed by atoms with E-state index in [2.05, 4.69) is 5.32 Å². The number of nitrogens with one attached hydrogen (secondary N) is 1. The number of anilines is 1. The normalized spacial score (nSPS) is 15.6. The van der Waals surface area contributed by atoms with Crippen molar-refractivity contribution >= 4 is 11.6 Å². The van der Waals surface area contributed by atoms with Gasteiger partial charge in [0.1, 0.15) is 5.82 Å². The lowest BCUT2D eigenvalue weighted by molar-refractivity contribution is 0.0955. The first kappa shape index (κ1) is 8.99. The molecule has 1 aromatic carbocycles. The second kappa shape index (κ2) is 3.29. The number of hydrogen-bond acceptors (Lipinski definition) is 2. The van der Waals surface area contributed by atoms with Crippen molar-refractivity contribution in [2.24, 2.45) is 0 Å². The Hall–Kier alpha value is -1.58. The molecule has 1 aromatic rings. The van der Waals surface area contributed by atoms with Crippen LogP contribution in [0, 0.1) is 5.82 Å². The highest BCUT2D eigenvalue weighted by Gasteiger charge is 2.19. The van der Waals surface area contributed by atoms with Crippen molar-refractivity contribution in [3.8, 4) is 0 Å². The average molecular weight is 194 g/mol. The van der Waals surface area contributed by atoms with Crippen LogP contribution in [0.5, 0.6) is 0 Å². The van der Waals surface area contributed by atoms with Crippen LogP contribution in [0.2, 0.25) is 0 Å². The molecule has 74 valence electrons. The van der Waals surface area contributed by atoms with E-state index in [1.165, 1.54) is 6.07 Å². The number of rotatable bonds is 0. The Morgan fingerprint density at radius 1 is 1.43 bits per heavy atom. The number of hydrogen-bond donors (Lipinski definition) is 2. The summed E-state index contributed by atoms with van der Waals surface area (Å²) in [6.07, 6.45) is 1.31. The second-order valence-electron chi connectivity index (χ2n) is 3.35. The van der Waals surface area contributed by atoms with Gasteiger partial charge in [0.25, 0.3) is 5.91 Å². The molecule has 0 radical (unpaired) electrons. The van der Waals surface area contributed by atoms with Gasteiger partial charge in [-0.25, -0.2) is 4.39 Å². The molecule has 1 heterocycles. The third-order valence-corrected chi connectivity index (χ3v) is 2.41. The lowest BCUT2D eigenvalue weighted by Gasteiger charge is -2.07. The highest BCUT2D eigenvalue weighted by atomic mass is 19.1. The third-order valence-electron chi connectivity index (χ3n) is 2.41. The Kier molecular flexibility index (Phi) is 2.11. The van der Waals surface area contributed by atoms with Crippen molar-refractivity contribution in [1.29, 1.82) is 0 Å². The predicted molar refractivity (Wildman–Crippen MR) is 51.5 cm³/mol. The monoisotopic (exact) mass is 194 g/mol. The number of carbonyl (C=O) groups excluding carboxylic acids is 1. The van der Waals surface area contributed by atoms with Gasteiger partial charge in [-0.3, -0.25) is 4.79 Å². The summed E-state index contributed by atoms with van der Waals surface area (Å²) < 4.78 is 13.5. The maximum absolute atomic E-state index is 13.5. The lowest BCUT2D eigenvalue weighted by Crippen LogP contribution is -2.22. The fraction of sp³-hybridized carbons (Fsp3) is 0.300. The van der Waals surface area contributed by atoms with E-state index < -0.39 is 5.82 Å². The summed E-state index contributed by atoms with van der Waals surface area (Å²) in [4.78, 5) is 11.5. The molecule has 14 heavy (non-hydrogen) atoms. The Morgan fingerprint density at radius 3 is 3.00 bits per heavy atom. The van der Waals surface area contributed by atoms with Crippen molar-refractivity contribution in [3.05, 3.63) is 29.1 Å². The van der Waals surface area contributed by atoms with Gasteiger partial charge in [-0.05, 0) is 25.0 Å². The molecule has 0 aromatic heterocycles. The van der Waals surface area contributed by atoms with Crippen molar-refractivity contribution < 1.29 is 9.18 Å². The molecule has 0 saturated carbocycles. The van der Waals surface area contributed by atoms with Gasteiger partial charge in [-0.15, -0.1) is 0 Å². The molecule has 2 rings (SSSR count). The van der Waals surface area contributed by atoms with E-state index in [4.69, 9.17) is 5.73 Å². The molecule has 3 nitrogen and oxygen atoms in total. The zero-order valence-electron chi connectivity index (χ0n) is 7.64. The van der Waals surface area contributed by atoms with Gasteiger partial charge in [0.15, 0.2) is 0 Å². The Balaban J connectivity index is 2.58. The minimum Gasteiger partial charge on any atom is -0.396 e. The minimum atomic E-state index is -0.445. The third kappa shape index (κ3) is 1.32. The van der Waals surface area contributed by atoms with Crippen LogP contribution in [0.15, 0.2) is 12.1 Å². The Labute approximate surface area is 81.1 Å². The molecule has 1 amide bonds. The number of fused-ring (bicyclic) bond motifs is 1. The summed E-state index contributed by atoms with van der Waals surface area (Å²) in [5, 5.41) is 2.70. The molecule has 1 aliphatic heterocycles. The highest BCUT2D eigenvalue weighted by molar-refractivity contribution is 5.96. The van der Waals surface area contributed by atoms with Gasteiger partial charge >= 0.3 is 0 Å². The van der Waals surface area contributed by atoms with Gasteiger partial charge in [0.2, 0.25) is 0 Å². The quantitative estimate of drug-likeness (QED) is 0.607.